The van der Waals surface area contributed by atoms with Crippen molar-refractivity contribution in [2.75, 3.05) is 31.1 Å². The fraction of sp³-hybridized carbons (Fsp3) is 0.417. The number of pyridine rings is 1. The largest absolute Gasteiger partial charge is 0.369 e. The van der Waals surface area contributed by atoms with E-state index in [4.69, 9.17) is 0 Å². The average molecular weight is 452 g/mol. The smallest absolute Gasteiger partial charge is 0.255 e. The molecule has 9 heteroatoms. The summed E-state index contributed by atoms with van der Waals surface area (Å²) in [5.74, 6) is -1.61. The van der Waals surface area contributed by atoms with Crippen LogP contribution >= 0.6 is 0 Å². The fourth-order valence-corrected chi connectivity index (χ4v) is 4.93. The molecule has 0 bridgehead atoms. The first-order valence-corrected chi connectivity index (χ1v) is 11.3. The van der Waals surface area contributed by atoms with Gasteiger partial charge in [0, 0.05) is 68.7 Å². The highest BCUT2D eigenvalue weighted by Crippen LogP contribution is 2.35. The van der Waals surface area contributed by atoms with E-state index >= 15 is 0 Å². The molecule has 0 spiro atoms. The van der Waals surface area contributed by atoms with Crippen LogP contribution in [0.3, 0.4) is 0 Å². The molecule has 2 saturated heterocycles. The predicted octanol–water partition coefficient (Wildman–Crippen LogP) is 1.61. The molecule has 3 amide bonds. The summed E-state index contributed by atoms with van der Waals surface area (Å²) in [5.41, 5.74) is 3.99. The number of amides is 3. The van der Waals surface area contributed by atoms with Gasteiger partial charge in [-0.25, -0.2) is 4.39 Å². The molecule has 172 valence electrons. The van der Waals surface area contributed by atoms with Gasteiger partial charge in [-0.15, -0.1) is 0 Å². The predicted molar refractivity (Wildman–Crippen MR) is 119 cm³/mol. The third-order valence-corrected chi connectivity index (χ3v) is 6.80. The third kappa shape index (κ3) is 4.08. The number of piperazine rings is 1. The maximum Gasteiger partial charge on any atom is 0.255 e. The van der Waals surface area contributed by atoms with Crippen LogP contribution < -0.4 is 10.2 Å². The molecule has 33 heavy (non-hydrogen) atoms. The molecule has 0 aliphatic carbocycles. The van der Waals surface area contributed by atoms with Crippen LogP contribution in [0.1, 0.15) is 40.0 Å². The van der Waals surface area contributed by atoms with Crippen molar-refractivity contribution in [2.45, 2.75) is 38.9 Å². The molecule has 3 aliphatic rings. The normalized spacial score (nSPS) is 21.4. The van der Waals surface area contributed by atoms with E-state index in [0.717, 1.165) is 36.5 Å². The Bertz CT molecular complexity index is 1130. The molecule has 0 saturated carbocycles. The number of carbonyl (C=O) groups excluding carboxylic acids is 3. The van der Waals surface area contributed by atoms with E-state index in [2.05, 4.69) is 33.1 Å². The Morgan fingerprint density at radius 3 is 2.67 bits per heavy atom. The van der Waals surface area contributed by atoms with Crippen LogP contribution in [0.5, 0.6) is 0 Å². The number of benzene rings is 1. The number of hydrogen-bond donors (Lipinski definition) is 1. The van der Waals surface area contributed by atoms with Gasteiger partial charge in [0.15, 0.2) is 0 Å². The van der Waals surface area contributed by atoms with Crippen LogP contribution in [-0.2, 0) is 22.7 Å². The van der Waals surface area contributed by atoms with Gasteiger partial charge in [0.25, 0.3) is 5.91 Å². The number of carbonyl (C=O) groups is 3. The first kappa shape index (κ1) is 21.5. The molecule has 2 aromatic rings. The molecule has 1 atom stereocenters. The monoisotopic (exact) mass is 451 g/mol. The van der Waals surface area contributed by atoms with Gasteiger partial charge in [-0.2, -0.15) is 0 Å². The van der Waals surface area contributed by atoms with Gasteiger partial charge in [0.05, 0.1) is 5.69 Å². The summed E-state index contributed by atoms with van der Waals surface area (Å²) in [6.45, 7) is 6.06. The maximum absolute atomic E-state index is 14.5. The summed E-state index contributed by atoms with van der Waals surface area (Å²) < 4.78 is 14.5. The van der Waals surface area contributed by atoms with E-state index in [0.29, 0.717) is 24.3 Å². The van der Waals surface area contributed by atoms with Crippen LogP contribution in [0.25, 0.3) is 0 Å². The third-order valence-electron chi connectivity index (χ3n) is 6.80. The van der Waals surface area contributed by atoms with Crippen LogP contribution in [0, 0.1) is 12.7 Å². The summed E-state index contributed by atoms with van der Waals surface area (Å²) >= 11 is 0. The molecule has 4 heterocycles. The van der Waals surface area contributed by atoms with Crippen molar-refractivity contribution in [3.63, 3.8) is 0 Å². The van der Waals surface area contributed by atoms with E-state index in [1.165, 1.54) is 17.0 Å². The number of aryl methyl sites for hydroxylation is 1. The number of imide groups is 1. The zero-order chi connectivity index (χ0) is 23.1. The maximum atomic E-state index is 14.5. The van der Waals surface area contributed by atoms with E-state index < -0.39 is 17.8 Å². The lowest BCUT2D eigenvalue weighted by atomic mass is 10.0. The first-order chi connectivity index (χ1) is 15.9. The second-order valence-corrected chi connectivity index (χ2v) is 8.88. The van der Waals surface area contributed by atoms with E-state index in [1.807, 2.05) is 6.07 Å². The number of hydrogen-bond acceptors (Lipinski definition) is 6. The quantitative estimate of drug-likeness (QED) is 0.711. The topological polar surface area (TPSA) is 85.8 Å². The molecule has 1 aromatic heterocycles. The summed E-state index contributed by atoms with van der Waals surface area (Å²) in [6.07, 6.45) is 2.28. The van der Waals surface area contributed by atoms with Crippen molar-refractivity contribution in [2.24, 2.45) is 0 Å². The number of nitrogens with zero attached hydrogens (tertiary/aromatic N) is 4. The van der Waals surface area contributed by atoms with E-state index in [-0.39, 0.29) is 31.2 Å². The Labute approximate surface area is 191 Å². The zero-order valence-electron chi connectivity index (χ0n) is 18.5. The van der Waals surface area contributed by atoms with Gasteiger partial charge < -0.3 is 9.80 Å². The highest BCUT2D eigenvalue weighted by atomic mass is 19.1. The minimum atomic E-state index is -0.711. The van der Waals surface area contributed by atoms with Crippen LogP contribution in [-0.4, -0.2) is 64.7 Å². The van der Waals surface area contributed by atoms with Crippen molar-refractivity contribution in [3.05, 3.63) is 58.7 Å². The highest BCUT2D eigenvalue weighted by Gasteiger charge is 2.41. The van der Waals surface area contributed by atoms with Crippen molar-refractivity contribution < 1.29 is 18.8 Å². The van der Waals surface area contributed by atoms with E-state index in [1.54, 1.807) is 6.20 Å². The summed E-state index contributed by atoms with van der Waals surface area (Å²) in [5, 5.41) is 2.30. The molecule has 2 fully saturated rings. The van der Waals surface area contributed by atoms with Gasteiger partial charge in [-0.05, 0) is 37.1 Å². The van der Waals surface area contributed by atoms with Crippen LogP contribution in [0.2, 0.25) is 0 Å². The molecule has 8 nitrogen and oxygen atoms in total. The van der Waals surface area contributed by atoms with Crippen molar-refractivity contribution >= 4 is 23.4 Å². The first-order valence-electron chi connectivity index (χ1n) is 11.3. The SMILES string of the molecule is Cc1cccnc1CN1CCN(c2cc(F)cc3c2CN(C2CCC(=O)NC2=O)C3=O)CC1. The van der Waals surface area contributed by atoms with Gasteiger partial charge in [0.1, 0.15) is 11.9 Å². The van der Waals surface area contributed by atoms with Crippen LogP contribution in [0.15, 0.2) is 30.5 Å². The number of nitrogens with one attached hydrogen (secondary N) is 1. The molecule has 5 rings (SSSR count). The second kappa shape index (κ2) is 8.55. The Balaban J connectivity index is 1.32. The molecule has 0 radical (unpaired) electrons. The minimum Gasteiger partial charge on any atom is -0.369 e. The van der Waals surface area contributed by atoms with E-state index in [9.17, 15) is 18.8 Å². The van der Waals surface area contributed by atoms with Crippen LogP contribution in [0.4, 0.5) is 10.1 Å². The fourth-order valence-electron chi connectivity index (χ4n) is 4.93. The second-order valence-electron chi connectivity index (χ2n) is 8.88. The number of fused-ring (bicyclic) bond motifs is 1. The lowest BCUT2D eigenvalue weighted by molar-refractivity contribution is -0.136. The Morgan fingerprint density at radius 2 is 1.94 bits per heavy atom. The van der Waals surface area contributed by atoms with Gasteiger partial charge in [0.2, 0.25) is 11.8 Å². The highest BCUT2D eigenvalue weighted by molar-refractivity contribution is 6.06. The lowest BCUT2D eigenvalue weighted by Gasteiger charge is -2.37. The number of halogens is 1. The van der Waals surface area contributed by atoms with Crippen molar-refractivity contribution in [3.8, 4) is 0 Å². The average Bonchev–Trinajstić information content (AvgIpc) is 3.11. The number of aromatic nitrogens is 1. The molecule has 1 aromatic carbocycles. The minimum absolute atomic E-state index is 0.190. The zero-order valence-corrected chi connectivity index (χ0v) is 18.5. The summed E-state index contributed by atoms with van der Waals surface area (Å²) in [7, 11) is 0. The number of anilines is 1. The summed E-state index contributed by atoms with van der Waals surface area (Å²) in [4.78, 5) is 47.3. The lowest BCUT2D eigenvalue weighted by Crippen LogP contribution is -2.52. The van der Waals surface area contributed by atoms with Gasteiger partial charge >= 0.3 is 0 Å². The Morgan fingerprint density at radius 1 is 1.15 bits per heavy atom. The van der Waals surface area contributed by atoms with Gasteiger partial charge in [-0.1, -0.05) is 6.07 Å². The van der Waals surface area contributed by atoms with Crippen molar-refractivity contribution in [1.29, 1.82) is 0 Å². The number of piperidine rings is 1. The Kier molecular flexibility index (Phi) is 5.57. The Hall–Kier alpha value is -3.33. The molecule has 1 N–H and O–H groups in total. The van der Waals surface area contributed by atoms with Gasteiger partial charge in [-0.3, -0.25) is 29.6 Å². The molecule has 3 aliphatic heterocycles. The molecular weight excluding hydrogens is 425 g/mol. The summed E-state index contributed by atoms with van der Waals surface area (Å²) in [6, 6.07) is 6.02. The molecule has 1 unspecified atom stereocenters. The molecular formula is C24H26FN5O3. The number of rotatable bonds is 4. The van der Waals surface area contributed by atoms with Crippen molar-refractivity contribution in [1.82, 2.24) is 20.1 Å². The standard InChI is InChI=1S/C24H26FN5O3/c1-15-3-2-6-26-19(15)14-28-7-9-29(10-8-28)21-12-16(25)11-17-18(21)13-30(24(17)33)20-4-5-22(31)27-23(20)32/h2-3,6,11-12,20H,4-5,7-10,13-14H2,1H3,(H,27,31,32).